The summed E-state index contributed by atoms with van der Waals surface area (Å²) in [6, 6.07) is 3.16. The average molecular weight is 284 g/mol. The lowest BCUT2D eigenvalue weighted by molar-refractivity contribution is -0.387. The zero-order chi connectivity index (χ0) is 13.8. The molecule has 0 aliphatic carbocycles. The Kier molecular flexibility index (Phi) is 4.36. The molecule has 1 aliphatic rings. The van der Waals surface area contributed by atoms with Gasteiger partial charge in [-0.25, -0.2) is 0 Å². The fraction of sp³-hybridized carbons (Fsp3) is 0.417. The Morgan fingerprint density at radius 3 is 3.00 bits per heavy atom. The lowest BCUT2D eigenvalue weighted by Gasteiger charge is -2.10. The van der Waals surface area contributed by atoms with Crippen LogP contribution < -0.4 is 5.32 Å². The van der Waals surface area contributed by atoms with E-state index in [1.54, 1.807) is 0 Å². The standard InChI is InChI=1S/C12H13FN2O3S/c13-10-4-3-8(6-11(10)15(17)18)12(16)14-7-9-2-1-5-19-9/h3-4,6,9H,1-2,5,7H2,(H,14,16). The first-order valence-corrected chi connectivity index (χ1v) is 6.96. The van der Waals surface area contributed by atoms with Gasteiger partial charge in [0.25, 0.3) is 5.91 Å². The summed E-state index contributed by atoms with van der Waals surface area (Å²) in [5.41, 5.74) is -0.570. The Balaban J connectivity index is 2.02. The maximum Gasteiger partial charge on any atom is 0.305 e. The first kappa shape index (κ1) is 13.8. The van der Waals surface area contributed by atoms with Crippen LogP contribution in [-0.4, -0.2) is 28.4 Å². The van der Waals surface area contributed by atoms with Gasteiger partial charge in [0.1, 0.15) is 0 Å². The van der Waals surface area contributed by atoms with Gasteiger partial charge < -0.3 is 5.32 Å². The number of carbonyl (C=O) groups excluding carboxylic acids is 1. The molecule has 1 heterocycles. The maximum absolute atomic E-state index is 13.1. The Labute approximate surface area is 113 Å². The molecule has 1 aliphatic heterocycles. The number of hydrogen-bond donors (Lipinski definition) is 1. The third kappa shape index (κ3) is 3.44. The number of nitro benzene ring substituents is 1. The molecule has 102 valence electrons. The Morgan fingerprint density at radius 1 is 1.58 bits per heavy atom. The second kappa shape index (κ2) is 6.01. The number of nitro groups is 1. The highest BCUT2D eigenvalue weighted by atomic mass is 32.2. The van der Waals surface area contributed by atoms with E-state index < -0.39 is 22.3 Å². The van der Waals surface area contributed by atoms with E-state index >= 15 is 0 Å². The van der Waals surface area contributed by atoms with E-state index in [1.807, 2.05) is 11.8 Å². The highest BCUT2D eigenvalue weighted by Gasteiger charge is 2.19. The van der Waals surface area contributed by atoms with Gasteiger partial charge in [0.15, 0.2) is 0 Å². The van der Waals surface area contributed by atoms with Gasteiger partial charge in [0.05, 0.1) is 4.92 Å². The number of halogens is 1. The molecule has 1 amide bonds. The van der Waals surface area contributed by atoms with Crippen molar-refractivity contribution in [2.75, 3.05) is 12.3 Å². The van der Waals surface area contributed by atoms with Gasteiger partial charge in [-0.05, 0) is 30.7 Å². The molecule has 0 bridgehead atoms. The van der Waals surface area contributed by atoms with E-state index in [0.717, 1.165) is 30.7 Å². The third-order valence-corrected chi connectivity index (χ3v) is 4.32. The molecular weight excluding hydrogens is 271 g/mol. The summed E-state index contributed by atoms with van der Waals surface area (Å²) in [6.45, 7) is 0.536. The van der Waals surface area contributed by atoms with Crippen molar-refractivity contribution in [3.05, 3.63) is 39.7 Å². The van der Waals surface area contributed by atoms with Crippen LogP contribution in [0, 0.1) is 15.9 Å². The zero-order valence-electron chi connectivity index (χ0n) is 10.1. The van der Waals surface area contributed by atoms with Crippen LogP contribution in [-0.2, 0) is 0 Å². The fourth-order valence-electron chi connectivity index (χ4n) is 1.91. The molecule has 7 heteroatoms. The number of thioether (sulfide) groups is 1. The van der Waals surface area contributed by atoms with Gasteiger partial charge in [0.2, 0.25) is 5.82 Å². The van der Waals surface area contributed by atoms with Crippen molar-refractivity contribution in [2.24, 2.45) is 0 Å². The minimum atomic E-state index is -0.937. The first-order valence-electron chi connectivity index (χ1n) is 5.91. The van der Waals surface area contributed by atoms with Gasteiger partial charge in [0, 0.05) is 23.4 Å². The summed E-state index contributed by atoms with van der Waals surface area (Å²) in [5.74, 6) is -0.244. The highest BCUT2D eigenvalue weighted by molar-refractivity contribution is 8.00. The van der Waals surface area contributed by atoms with E-state index in [2.05, 4.69) is 5.32 Å². The topological polar surface area (TPSA) is 72.2 Å². The third-order valence-electron chi connectivity index (χ3n) is 2.92. The fourth-order valence-corrected chi connectivity index (χ4v) is 3.11. The van der Waals surface area contributed by atoms with Gasteiger partial charge in [-0.1, -0.05) is 0 Å². The summed E-state index contributed by atoms with van der Waals surface area (Å²) in [7, 11) is 0. The van der Waals surface area contributed by atoms with E-state index in [0.29, 0.717) is 11.8 Å². The molecule has 1 aromatic carbocycles. The number of rotatable bonds is 4. The molecular formula is C12H13FN2O3S. The van der Waals surface area contributed by atoms with E-state index in [9.17, 15) is 19.3 Å². The quantitative estimate of drug-likeness (QED) is 0.680. The molecule has 1 fully saturated rings. The van der Waals surface area contributed by atoms with Crippen LogP contribution in [0.1, 0.15) is 23.2 Å². The van der Waals surface area contributed by atoms with E-state index in [4.69, 9.17) is 0 Å². The molecule has 2 rings (SSSR count). The minimum absolute atomic E-state index is 0.107. The van der Waals surface area contributed by atoms with Crippen LogP contribution in [0.5, 0.6) is 0 Å². The summed E-state index contributed by atoms with van der Waals surface area (Å²) < 4.78 is 13.1. The molecule has 0 spiro atoms. The van der Waals surface area contributed by atoms with Crippen molar-refractivity contribution in [1.82, 2.24) is 5.32 Å². The molecule has 0 radical (unpaired) electrons. The van der Waals surface area contributed by atoms with E-state index in [1.165, 1.54) is 6.07 Å². The second-order valence-corrected chi connectivity index (χ2v) is 5.68. The van der Waals surface area contributed by atoms with Crippen LogP contribution in [0.15, 0.2) is 18.2 Å². The van der Waals surface area contributed by atoms with Crippen LogP contribution in [0.25, 0.3) is 0 Å². The van der Waals surface area contributed by atoms with Crippen LogP contribution in [0.4, 0.5) is 10.1 Å². The molecule has 1 N–H and O–H groups in total. The molecule has 1 saturated heterocycles. The summed E-state index contributed by atoms with van der Waals surface area (Å²) >= 11 is 1.81. The minimum Gasteiger partial charge on any atom is -0.351 e. The molecule has 1 aromatic rings. The van der Waals surface area contributed by atoms with Crippen molar-refractivity contribution >= 4 is 23.4 Å². The smallest absolute Gasteiger partial charge is 0.305 e. The Hall–Kier alpha value is -1.63. The molecule has 0 aromatic heterocycles. The Morgan fingerprint density at radius 2 is 2.37 bits per heavy atom. The first-order chi connectivity index (χ1) is 9.08. The van der Waals surface area contributed by atoms with Crippen molar-refractivity contribution in [3.63, 3.8) is 0 Å². The molecule has 1 atom stereocenters. The van der Waals surface area contributed by atoms with Crippen LogP contribution >= 0.6 is 11.8 Å². The van der Waals surface area contributed by atoms with Gasteiger partial charge in [-0.3, -0.25) is 14.9 Å². The van der Waals surface area contributed by atoms with Crippen molar-refractivity contribution < 1.29 is 14.1 Å². The van der Waals surface area contributed by atoms with Gasteiger partial charge in [-0.2, -0.15) is 16.2 Å². The monoisotopic (exact) mass is 284 g/mol. The summed E-state index contributed by atoms with van der Waals surface area (Å²) in [6.07, 6.45) is 2.21. The number of nitrogens with one attached hydrogen (secondary N) is 1. The Bertz CT molecular complexity index is 504. The molecule has 19 heavy (non-hydrogen) atoms. The molecule has 5 nitrogen and oxygen atoms in total. The average Bonchev–Trinajstić information content (AvgIpc) is 2.89. The number of carbonyl (C=O) groups is 1. The lowest BCUT2D eigenvalue weighted by Crippen LogP contribution is -2.29. The predicted octanol–water partition coefficient (Wildman–Crippen LogP) is 2.36. The SMILES string of the molecule is O=C(NCC1CCCS1)c1ccc(F)c([N+](=O)[O-])c1. The lowest BCUT2D eigenvalue weighted by atomic mass is 10.1. The van der Waals surface area contributed by atoms with Crippen molar-refractivity contribution in [3.8, 4) is 0 Å². The van der Waals surface area contributed by atoms with Gasteiger partial charge in [-0.15, -0.1) is 0 Å². The van der Waals surface area contributed by atoms with Crippen LogP contribution in [0.2, 0.25) is 0 Å². The van der Waals surface area contributed by atoms with Crippen molar-refractivity contribution in [2.45, 2.75) is 18.1 Å². The van der Waals surface area contributed by atoms with Crippen molar-refractivity contribution in [1.29, 1.82) is 0 Å². The van der Waals surface area contributed by atoms with Gasteiger partial charge >= 0.3 is 5.69 Å². The summed E-state index contributed by atoms with van der Waals surface area (Å²) in [5, 5.41) is 13.7. The predicted molar refractivity (Wildman–Crippen MR) is 70.9 cm³/mol. The number of amides is 1. The normalized spacial score (nSPS) is 18.3. The number of nitrogens with zero attached hydrogens (tertiary/aromatic N) is 1. The second-order valence-electron chi connectivity index (χ2n) is 4.27. The zero-order valence-corrected chi connectivity index (χ0v) is 10.9. The largest absolute Gasteiger partial charge is 0.351 e. The number of benzene rings is 1. The highest BCUT2D eigenvalue weighted by Crippen LogP contribution is 2.25. The van der Waals surface area contributed by atoms with Crippen LogP contribution in [0.3, 0.4) is 0 Å². The summed E-state index contributed by atoms with van der Waals surface area (Å²) in [4.78, 5) is 21.6. The maximum atomic E-state index is 13.1. The molecule has 1 unspecified atom stereocenters. The van der Waals surface area contributed by atoms with E-state index in [-0.39, 0.29) is 5.56 Å². The number of hydrogen-bond acceptors (Lipinski definition) is 4. The molecule has 0 saturated carbocycles.